The van der Waals surface area contributed by atoms with E-state index in [1.807, 2.05) is 23.6 Å². The van der Waals surface area contributed by atoms with E-state index in [1.165, 1.54) is 11.1 Å². The van der Waals surface area contributed by atoms with E-state index in [1.54, 1.807) is 51.1 Å². The van der Waals surface area contributed by atoms with E-state index in [0.717, 1.165) is 11.1 Å². The van der Waals surface area contributed by atoms with Crippen molar-refractivity contribution in [2.75, 3.05) is 4.90 Å². The molecule has 12 nitrogen and oxygen atoms in total. The van der Waals surface area contributed by atoms with Crippen molar-refractivity contribution >= 4 is 41.6 Å². The van der Waals surface area contributed by atoms with Gasteiger partial charge in [-0.15, -0.1) is 0 Å². The Morgan fingerprint density at radius 1 is 1.10 bits per heavy atom. The van der Waals surface area contributed by atoms with Crippen molar-refractivity contribution in [3.05, 3.63) is 65.2 Å². The number of aryl methyl sites for hydroxylation is 1. The number of benzene rings is 2. The van der Waals surface area contributed by atoms with Crippen molar-refractivity contribution < 1.29 is 28.7 Å². The normalized spacial score (nSPS) is 18.7. The molecule has 0 spiro atoms. The zero-order chi connectivity index (χ0) is 29.7. The number of rotatable bonds is 8. The van der Waals surface area contributed by atoms with Crippen molar-refractivity contribution in [3.8, 4) is 0 Å². The molecule has 0 saturated carbocycles. The minimum absolute atomic E-state index is 0.246. The number of urea groups is 1. The van der Waals surface area contributed by atoms with Crippen LogP contribution in [0.15, 0.2) is 53.6 Å². The number of anilines is 1. The first-order chi connectivity index (χ1) is 19.4. The van der Waals surface area contributed by atoms with Gasteiger partial charge in [0.25, 0.3) is 5.91 Å². The zero-order valence-corrected chi connectivity index (χ0v) is 23.2. The van der Waals surface area contributed by atoms with Crippen LogP contribution in [0.3, 0.4) is 0 Å². The van der Waals surface area contributed by atoms with Gasteiger partial charge in [0.2, 0.25) is 11.8 Å². The highest BCUT2D eigenvalue weighted by molar-refractivity contribution is 6.09. The number of amides is 5. The first-order valence-electron chi connectivity index (χ1n) is 13.3. The number of esters is 1. The highest BCUT2D eigenvalue weighted by atomic mass is 16.6. The van der Waals surface area contributed by atoms with Gasteiger partial charge in [-0.25, -0.2) is 10.2 Å². The smallest absolute Gasteiger partial charge is 0.332 e. The Balaban J connectivity index is 1.57. The number of carbonyl (C=O) groups excluding carboxylic acids is 5. The summed E-state index contributed by atoms with van der Waals surface area (Å²) in [5.41, 5.74) is 9.18. The van der Waals surface area contributed by atoms with Gasteiger partial charge >= 0.3 is 12.0 Å². The van der Waals surface area contributed by atoms with Crippen LogP contribution in [0.4, 0.5) is 10.5 Å². The fraction of sp³-hybridized carbons (Fsp3) is 0.379. The second-order valence-corrected chi connectivity index (χ2v) is 10.9. The van der Waals surface area contributed by atoms with Crippen molar-refractivity contribution in [1.82, 2.24) is 16.1 Å². The van der Waals surface area contributed by atoms with E-state index in [0.29, 0.717) is 24.1 Å². The van der Waals surface area contributed by atoms with Gasteiger partial charge in [0.15, 0.2) is 0 Å². The number of nitrogens with zero attached hydrogens (tertiary/aromatic N) is 2. The molecule has 12 heteroatoms. The maximum atomic E-state index is 13.9. The van der Waals surface area contributed by atoms with Crippen LogP contribution in [0.1, 0.15) is 55.1 Å². The molecule has 4 rings (SSSR count). The molecule has 2 heterocycles. The van der Waals surface area contributed by atoms with E-state index in [2.05, 4.69) is 15.7 Å². The molecule has 0 aliphatic carbocycles. The van der Waals surface area contributed by atoms with Crippen molar-refractivity contribution in [2.24, 2.45) is 10.8 Å². The number of carbonyl (C=O) groups is 5. The number of hydrazone groups is 1. The molecular formula is C29H34N6O6. The van der Waals surface area contributed by atoms with Crippen LogP contribution in [0, 0.1) is 0 Å². The van der Waals surface area contributed by atoms with Crippen LogP contribution < -0.4 is 26.7 Å². The summed E-state index contributed by atoms with van der Waals surface area (Å²) in [4.78, 5) is 65.5. The van der Waals surface area contributed by atoms with E-state index in [9.17, 15) is 24.0 Å². The largest absolute Gasteiger partial charge is 0.460 e. The van der Waals surface area contributed by atoms with Crippen LogP contribution in [-0.4, -0.2) is 59.7 Å². The number of para-hydroxylation sites is 1. The predicted octanol–water partition coefficient (Wildman–Crippen LogP) is 1.56. The Bertz CT molecular complexity index is 1370. The van der Waals surface area contributed by atoms with Crippen LogP contribution >= 0.6 is 0 Å². The quantitative estimate of drug-likeness (QED) is 0.216. The van der Waals surface area contributed by atoms with Crippen LogP contribution in [0.25, 0.3) is 0 Å². The number of nitrogens with one attached hydrogen (secondary N) is 3. The van der Waals surface area contributed by atoms with Crippen LogP contribution in [0.5, 0.6) is 0 Å². The third-order valence-corrected chi connectivity index (χ3v) is 6.61. The van der Waals surface area contributed by atoms with Crippen LogP contribution in [-0.2, 0) is 32.0 Å². The number of primary amides is 1. The van der Waals surface area contributed by atoms with Gasteiger partial charge in [0.05, 0.1) is 18.2 Å². The van der Waals surface area contributed by atoms with Crippen LogP contribution in [0.2, 0.25) is 0 Å². The molecule has 0 aromatic heterocycles. The van der Waals surface area contributed by atoms with Gasteiger partial charge < -0.3 is 21.1 Å². The lowest BCUT2D eigenvalue weighted by Gasteiger charge is -2.29. The monoisotopic (exact) mass is 562 g/mol. The first-order valence-corrected chi connectivity index (χ1v) is 13.3. The zero-order valence-electron chi connectivity index (χ0n) is 23.2. The third-order valence-electron chi connectivity index (χ3n) is 6.61. The van der Waals surface area contributed by atoms with E-state index < -0.39 is 47.5 Å². The summed E-state index contributed by atoms with van der Waals surface area (Å²) >= 11 is 0. The van der Waals surface area contributed by atoms with E-state index in [4.69, 9.17) is 10.5 Å². The molecule has 3 atom stereocenters. The molecule has 216 valence electrons. The Hall–Kier alpha value is -4.74. The third kappa shape index (κ3) is 7.27. The Labute approximate surface area is 237 Å². The molecule has 2 aromatic rings. The number of hydrogen-bond donors (Lipinski definition) is 4. The molecule has 2 aliphatic rings. The predicted molar refractivity (Wildman–Crippen MR) is 151 cm³/mol. The number of hydrogen-bond acceptors (Lipinski definition) is 7. The molecule has 2 aliphatic heterocycles. The number of ether oxygens (including phenoxy) is 1. The fourth-order valence-electron chi connectivity index (χ4n) is 4.98. The summed E-state index contributed by atoms with van der Waals surface area (Å²) in [5, 5.41) is 9.30. The van der Waals surface area contributed by atoms with Crippen molar-refractivity contribution in [2.45, 2.75) is 70.2 Å². The van der Waals surface area contributed by atoms with Crippen molar-refractivity contribution in [3.63, 3.8) is 0 Å². The average molecular weight is 563 g/mol. The Morgan fingerprint density at radius 2 is 1.80 bits per heavy atom. The molecular weight excluding hydrogens is 528 g/mol. The van der Waals surface area contributed by atoms with Gasteiger partial charge in [-0.2, -0.15) is 5.10 Å². The van der Waals surface area contributed by atoms with Crippen molar-refractivity contribution in [1.29, 1.82) is 0 Å². The lowest BCUT2D eigenvalue weighted by molar-refractivity contribution is -0.155. The molecule has 0 fully saturated rings. The molecule has 0 bridgehead atoms. The Morgan fingerprint density at radius 3 is 2.49 bits per heavy atom. The minimum Gasteiger partial charge on any atom is -0.460 e. The van der Waals surface area contributed by atoms with Gasteiger partial charge in [-0.3, -0.25) is 24.1 Å². The molecule has 0 radical (unpaired) electrons. The van der Waals surface area contributed by atoms with Gasteiger partial charge in [-0.1, -0.05) is 36.4 Å². The maximum absolute atomic E-state index is 13.9. The highest BCUT2D eigenvalue weighted by Crippen LogP contribution is 2.39. The second kappa shape index (κ2) is 12.2. The van der Waals surface area contributed by atoms with Gasteiger partial charge in [0, 0.05) is 18.2 Å². The summed E-state index contributed by atoms with van der Waals surface area (Å²) in [6.45, 7) is 5.14. The molecule has 5 N–H and O–H groups in total. The number of nitrogens with two attached hydrogens (primary N) is 1. The minimum atomic E-state index is -0.969. The summed E-state index contributed by atoms with van der Waals surface area (Å²) < 4.78 is 5.37. The molecule has 5 amide bonds. The van der Waals surface area contributed by atoms with Gasteiger partial charge in [-0.05, 0) is 56.9 Å². The van der Waals surface area contributed by atoms with E-state index >= 15 is 0 Å². The lowest BCUT2D eigenvalue weighted by Crippen LogP contribution is -2.56. The summed E-state index contributed by atoms with van der Waals surface area (Å²) in [7, 11) is 0. The summed E-state index contributed by atoms with van der Waals surface area (Å²) in [6.07, 6.45) is 2.04. The lowest BCUT2D eigenvalue weighted by atomic mass is 10.0. The molecule has 41 heavy (non-hydrogen) atoms. The SMILES string of the molecule is CC(C)(C)OC(=O)C[C@@H](/C=N/NC(N)=O)NC(=O)[C@@H]1Cc2cccc3c2N1C(=O)[C@@H](NC(=O)c1ccccc1)CC3. The fourth-order valence-corrected chi connectivity index (χ4v) is 4.98. The average Bonchev–Trinajstić information content (AvgIpc) is 3.24. The highest BCUT2D eigenvalue weighted by Gasteiger charge is 2.44. The molecule has 0 saturated heterocycles. The standard InChI is InChI=1S/C29H34N6O6/c1-29(2,3)41-23(36)15-20(16-31-34-28(30)40)32-26(38)22-14-19-11-7-10-17-12-13-21(27(39)35(22)24(17)19)33-25(37)18-8-5-4-6-9-18/h4-11,16,20-22H,12-15H2,1-3H3,(H,32,38)(H,33,37)(H3,30,34,40)/b31-16+/t20-,21-,22-/m0/s1. The van der Waals surface area contributed by atoms with Gasteiger partial charge in [0.1, 0.15) is 17.7 Å². The molecule has 0 unspecified atom stereocenters. The Kier molecular flexibility index (Phi) is 8.70. The first kappa shape index (κ1) is 29.2. The summed E-state index contributed by atoms with van der Waals surface area (Å²) in [6, 6.07) is 10.6. The molecule has 2 aromatic carbocycles. The maximum Gasteiger partial charge on any atom is 0.332 e. The van der Waals surface area contributed by atoms with E-state index in [-0.39, 0.29) is 18.7 Å². The summed E-state index contributed by atoms with van der Waals surface area (Å²) in [5.74, 6) is -1.91. The topological polar surface area (TPSA) is 172 Å². The second-order valence-electron chi connectivity index (χ2n) is 10.9.